The van der Waals surface area contributed by atoms with Gasteiger partial charge in [-0.3, -0.25) is 9.59 Å². The van der Waals surface area contributed by atoms with Crippen molar-refractivity contribution >= 4 is 22.6 Å². The fourth-order valence-electron chi connectivity index (χ4n) is 4.01. The van der Waals surface area contributed by atoms with E-state index in [9.17, 15) is 9.59 Å². The van der Waals surface area contributed by atoms with Crippen molar-refractivity contribution in [2.75, 3.05) is 6.54 Å². The predicted octanol–water partition coefficient (Wildman–Crippen LogP) is 3.43. The van der Waals surface area contributed by atoms with E-state index >= 15 is 0 Å². The van der Waals surface area contributed by atoms with Crippen molar-refractivity contribution in [2.24, 2.45) is 11.7 Å². The molecule has 2 amide bonds. The number of carbonyl (C=O) groups excluding carboxylic acids is 2. The van der Waals surface area contributed by atoms with Gasteiger partial charge in [-0.1, -0.05) is 55.7 Å². The van der Waals surface area contributed by atoms with Crippen LogP contribution in [0, 0.1) is 5.92 Å². The summed E-state index contributed by atoms with van der Waals surface area (Å²) >= 11 is 0. The molecule has 2 unspecified atom stereocenters. The summed E-state index contributed by atoms with van der Waals surface area (Å²) < 4.78 is 0. The monoisotopic (exact) mass is 381 g/mol. The normalized spacial score (nSPS) is 17.1. The van der Waals surface area contributed by atoms with Crippen LogP contribution in [0.25, 0.3) is 10.8 Å². The molecule has 4 N–H and O–H groups in total. The summed E-state index contributed by atoms with van der Waals surface area (Å²) in [5.74, 6) is 0.0959. The second-order valence-electron chi connectivity index (χ2n) is 7.91. The lowest BCUT2D eigenvalue weighted by Crippen LogP contribution is -2.42. The van der Waals surface area contributed by atoms with Gasteiger partial charge in [0.25, 0.3) is 0 Å². The highest BCUT2D eigenvalue weighted by Gasteiger charge is 2.23. The summed E-state index contributed by atoms with van der Waals surface area (Å²) in [4.78, 5) is 24.9. The average Bonchev–Trinajstić information content (AvgIpc) is 2.72. The van der Waals surface area contributed by atoms with Gasteiger partial charge in [0, 0.05) is 24.9 Å². The maximum Gasteiger partial charge on any atom is 0.223 e. The highest BCUT2D eigenvalue weighted by molar-refractivity contribution is 5.84. The zero-order valence-electron chi connectivity index (χ0n) is 16.6. The number of nitrogens with two attached hydrogens (primary N) is 1. The van der Waals surface area contributed by atoms with Crippen LogP contribution in [0.3, 0.4) is 0 Å². The fourth-order valence-corrected chi connectivity index (χ4v) is 4.01. The Morgan fingerprint density at radius 1 is 1.04 bits per heavy atom. The molecule has 0 aromatic heterocycles. The summed E-state index contributed by atoms with van der Waals surface area (Å²) in [5.41, 5.74) is 6.92. The van der Waals surface area contributed by atoms with Crippen molar-refractivity contribution in [2.45, 2.75) is 57.5 Å². The van der Waals surface area contributed by atoms with Gasteiger partial charge in [0.2, 0.25) is 11.8 Å². The Balaban J connectivity index is 1.54. The molecular weight excluding hydrogens is 350 g/mol. The maximum atomic E-state index is 12.5. The van der Waals surface area contributed by atoms with E-state index in [1.165, 1.54) is 6.42 Å². The Morgan fingerprint density at radius 2 is 1.75 bits per heavy atom. The lowest BCUT2D eigenvalue weighted by molar-refractivity contribution is -0.127. The van der Waals surface area contributed by atoms with Gasteiger partial charge < -0.3 is 16.4 Å². The van der Waals surface area contributed by atoms with E-state index in [0.717, 1.165) is 42.0 Å². The minimum Gasteiger partial charge on any atom is -0.353 e. The molecule has 0 heterocycles. The molecule has 1 aliphatic rings. The van der Waals surface area contributed by atoms with Crippen molar-refractivity contribution in [1.82, 2.24) is 10.6 Å². The first-order valence-electron chi connectivity index (χ1n) is 10.4. The van der Waals surface area contributed by atoms with Gasteiger partial charge in [0.15, 0.2) is 0 Å². The molecule has 1 aliphatic carbocycles. The first-order chi connectivity index (χ1) is 13.6. The summed E-state index contributed by atoms with van der Waals surface area (Å²) in [6.07, 6.45) is 5.64. The van der Waals surface area contributed by atoms with Crippen LogP contribution >= 0.6 is 0 Å². The first kappa shape index (κ1) is 20.3. The molecule has 1 saturated carbocycles. The Morgan fingerprint density at radius 3 is 2.46 bits per heavy atom. The lowest BCUT2D eigenvalue weighted by atomic mass is 9.88. The molecular formula is C23H31N3O2. The molecule has 0 aliphatic heterocycles. The molecule has 0 saturated heterocycles. The van der Waals surface area contributed by atoms with Crippen molar-refractivity contribution in [3.8, 4) is 0 Å². The molecule has 2 aromatic rings. The number of benzene rings is 2. The lowest BCUT2D eigenvalue weighted by Gasteiger charge is -2.24. The van der Waals surface area contributed by atoms with Crippen LogP contribution in [-0.2, 0) is 9.59 Å². The number of hydrogen-bond acceptors (Lipinski definition) is 3. The summed E-state index contributed by atoms with van der Waals surface area (Å²) in [5, 5.41) is 8.31. The highest BCUT2D eigenvalue weighted by Crippen LogP contribution is 2.24. The zero-order valence-corrected chi connectivity index (χ0v) is 16.6. The number of amides is 2. The molecule has 0 bridgehead atoms. The van der Waals surface area contributed by atoms with Gasteiger partial charge in [0.1, 0.15) is 0 Å². The smallest absolute Gasteiger partial charge is 0.223 e. The number of hydrogen-bond donors (Lipinski definition) is 3. The van der Waals surface area contributed by atoms with E-state index in [4.69, 9.17) is 5.73 Å². The minimum atomic E-state index is -0.238. The number of fused-ring (bicyclic) bond motifs is 1. The third kappa shape index (κ3) is 5.32. The zero-order chi connectivity index (χ0) is 19.9. The van der Waals surface area contributed by atoms with E-state index < -0.39 is 0 Å². The van der Waals surface area contributed by atoms with E-state index in [0.29, 0.717) is 6.54 Å². The summed E-state index contributed by atoms with van der Waals surface area (Å²) in [6, 6.07) is 13.8. The van der Waals surface area contributed by atoms with Gasteiger partial charge in [-0.2, -0.15) is 0 Å². The van der Waals surface area contributed by atoms with Crippen LogP contribution in [0.4, 0.5) is 0 Å². The maximum absolute atomic E-state index is 12.5. The van der Waals surface area contributed by atoms with Crippen LogP contribution in [-0.4, -0.2) is 24.4 Å². The average molecular weight is 382 g/mol. The Kier molecular flexibility index (Phi) is 7.04. The van der Waals surface area contributed by atoms with E-state index in [-0.39, 0.29) is 36.2 Å². The fraction of sp³-hybridized carbons (Fsp3) is 0.478. The number of nitrogens with one attached hydrogen (secondary N) is 2. The number of carbonyl (C=O) groups is 2. The second kappa shape index (κ2) is 9.69. The standard InChI is InChI=1S/C23H31N3O2/c1-16(25-23(28)18-8-3-2-4-9-18)13-22(27)26-21(15-24)20-12-11-17-7-5-6-10-19(17)14-20/h5-7,10-12,14,16,18,21H,2-4,8-9,13,15,24H2,1H3,(H,25,28)(H,26,27). The van der Waals surface area contributed by atoms with Crippen molar-refractivity contribution in [1.29, 1.82) is 0 Å². The molecule has 150 valence electrons. The van der Waals surface area contributed by atoms with Gasteiger partial charge >= 0.3 is 0 Å². The van der Waals surface area contributed by atoms with Gasteiger partial charge in [-0.15, -0.1) is 0 Å². The van der Waals surface area contributed by atoms with E-state index in [1.807, 2.05) is 31.2 Å². The van der Waals surface area contributed by atoms with Gasteiger partial charge in [-0.25, -0.2) is 0 Å². The molecule has 0 radical (unpaired) electrons. The van der Waals surface area contributed by atoms with Crippen LogP contribution < -0.4 is 16.4 Å². The third-order valence-corrected chi connectivity index (χ3v) is 5.60. The molecule has 3 rings (SSSR count). The largest absolute Gasteiger partial charge is 0.353 e. The van der Waals surface area contributed by atoms with Crippen LogP contribution in [0.5, 0.6) is 0 Å². The van der Waals surface area contributed by atoms with Crippen LogP contribution in [0.2, 0.25) is 0 Å². The van der Waals surface area contributed by atoms with Crippen molar-refractivity contribution in [3.05, 3.63) is 48.0 Å². The number of rotatable bonds is 7. The Hall–Kier alpha value is -2.40. The summed E-state index contributed by atoms with van der Waals surface area (Å²) in [7, 11) is 0. The van der Waals surface area contributed by atoms with Gasteiger partial charge in [-0.05, 0) is 42.2 Å². The van der Waals surface area contributed by atoms with E-state index in [2.05, 4.69) is 28.8 Å². The molecule has 5 nitrogen and oxygen atoms in total. The predicted molar refractivity (Wildman–Crippen MR) is 113 cm³/mol. The van der Waals surface area contributed by atoms with Crippen molar-refractivity contribution < 1.29 is 9.59 Å². The van der Waals surface area contributed by atoms with E-state index in [1.54, 1.807) is 0 Å². The Bertz CT molecular complexity index is 814. The highest BCUT2D eigenvalue weighted by atomic mass is 16.2. The third-order valence-electron chi connectivity index (χ3n) is 5.60. The SMILES string of the molecule is CC(CC(=O)NC(CN)c1ccc2ccccc2c1)NC(=O)C1CCCCC1. The van der Waals surface area contributed by atoms with Crippen molar-refractivity contribution in [3.63, 3.8) is 0 Å². The van der Waals surface area contributed by atoms with Crippen LogP contribution in [0.1, 0.15) is 57.1 Å². The first-order valence-corrected chi connectivity index (χ1v) is 10.4. The molecule has 2 atom stereocenters. The second-order valence-corrected chi connectivity index (χ2v) is 7.91. The molecule has 0 spiro atoms. The topological polar surface area (TPSA) is 84.2 Å². The quantitative estimate of drug-likeness (QED) is 0.687. The molecule has 1 fully saturated rings. The summed E-state index contributed by atoms with van der Waals surface area (Å²) in [6.45, 7) is 2.21. The van der Waals surface area contributed by atoms with Gasteiger partial charge in [0.05, 0.1) is 6.04 Å². The molecule has 2 aromatic carbocycles. The molecule has 5 heteroatoms. The molecule has 28 heavy (non-hydrogen) atoms. The van der Waals surface area contributed by atoms with Crippen LogP contribution in [0.15, 0.2) is 42.5 Å². The minimum absolute atomic E-state index is 0.0879. The Labute approximate surface area is 167 Å².